The first-order valence-corrected chi connectivity index (χ1v) is 6.72. The van der Waals surface area contributed by atoms with Crippen LogP contribution in [0.2, 0.25) is 0 Å². The second-order valence-corrected chi connectivity index (χ2v) is 6.26. The molecule has 2 nitrogen and oxygen atoms in total. The molecule has 0 saturated heterocycles. The Bertz CT molecular complexity index is 400. The molecule has 19 heavy (non-hydrogen) atoms. The molecule has 0 aliphatic rings. The highest BCUT2D eigenvalue weighted by atomic mass is 19.1. The predicted octanol–water partition coefficient (Wildman–Crippen LogP) is 3.56. The van der Waals surface area contributed by atoms with Crippen LogP contribution in [0.4, 0.5) is 8.78 Å². The number of halogens is 2. The minimum atomic E-state index is -0.550. The average molecular weight is 270 g/mol. The van der Waals surface area contributed by atoms with Gasteiger partial charge in [0.1, 0.15) is 11.6 Å². The van der Waals surface area contributed by atoms with E-state index in [1.807, 2.05) is 0 Å². The van der Waals surface area contributed by atoms with Crippen LogP contribution in [0, 0.1) is 17.0 Å². The maximum absolute atomic E-state index is 13.5. The minimum absolute atomic E-state index is 0.0160. The summed E-state index contributed by atoms with van der Waals surface area (Å²) in [6.45, 7) is 6.58. The van der Waals surface area contributed by atoms with Gasteiger partial charge >= 0.3 is 0 Å². The Labute approximate surface area is 114 Å². The molecule has 0 radical (unpaired) electrons. The second-order valence-electron chi connectivity index (χ2n) is 6.26. The zero-order valence-corrected chi connectivity index (χ0v) is 12.0. The molecule has 0 heterocycles. The first-order valence-electron chi connectivity index (χ1n) is 6.72. The molecular weight excluding hydrogens is 246 g/mol. The van der Waals surface area contributed by atoms with E-state index >= 15 is 0 Å². The van der Waals surface area contributed by atoms with Gasteiger partial charge in [-0.05, 0) is 36.3 Å². The maximum Gasteiger partial charge on any atom is 0.129 e. The minimum Gasteiger partial charge on any atom is -0.271 e. The summed E-state index contributed by atoms with van der Waals surface area (Å²) in [5.74, 6) is 4.45. The Morgan fingerprint density at radius 1 is 1.26 bits per heavy atom. The molecule has 0 saturated carbocycles. The molecule has 1 aromatic rings. The van der Waals surface area contributed by atoms with Gasteiger partial charge in [-0.3, -0.25) is 11.3 Å². The van der Waals surface area contributed by atoms with Crippen molar-refractivity contribution in [1.82, 2.24) is 5.43 Å². The van der Waals surface area contributed by atoms with Crippen molar-refractivity contribution in [2.45, 2.75) is 52.5 Å². The Morgan fingerprint density at radius 3 is 2.47 bits per heavy atom. The van der Waals surface area contributed by atoms with Crippen molar-refractivity contribution in [3.8, 4) is 0 Å². The Kier molecular flexibility index (Phi) is 5.88. The van der Waals surface area contributed by atoms with Crippen LogP contribution in [-0.4, -0.2) is 6.04 Å². The van der Waals surface area contributed by atoms with Gasteiger partial charge in [0, 0.05) is 12.1 Å². The van der Waals surface area contributed by atoms with Crippen molar-refractivity contribution in [1.29, 1.82) is 0 Å². The molecule has 108 valence electrons. The van der Waals surface area contributed by atoms with Gasteiger partial charge in [-0.1, -0.05) is 33.3 Å². The van der Waals surface area contributed by atoms with Crippen LogP contribution in [0.3, 0.4) is 0 Å². The summed E-state index contributed by atoms with van der Waals surface area (Å²) in [6.07, 6.45) is 3.48. The standard InChI is InChI=1S/C15H24F2N2/c1-15(2,3)8-4-5-13(19-18)9-11-6-7-12(16)10-14(11)17/h6-7,10,13,19H,4-5,8-9,18H2,1-3H3. The van der Waals surface area contributed by atoms with E-state index in [1.165, 1.54) is 12.1 Å². The van der Waals surface area contributed by atoms with E-state index in [0.717, 1.165) is 25.3 Å². The van der Waals surface area contributed by atoms with Gasteiger partial charge in [-0.15, -0.1) is 0 Å². The topological polar surface area (TPSA) is 38.0 Å². The van der Waals surface area contributed by atoms with Gasteiger partial charge in [-0.2, -0.15) is 0 Å². The van der Waals surface area contributed by atoms with Gasteiger partial charge in [0.05, 0.1) is 0 Å². The van der Waals surface area contributed by atoms with Gasteiger partial charge in [0.15, 0.2) is 0 Å². The second kappa shape index (κ2) is 6.96. The molecule has 0 bridgehead atoms. The molecule has 0 aliphatic carbocycles. The number of hydrogen-bond acceptors (Lipinski definition) is 2. The van der Waals surface area contributed by atoms with Crippen molar-refractivity contribution in [2.24, 2.45) is 11.3 Å². The summed E-state index contributed by atoms with van der Waals surface area (Å²) in [6, 6.07) is 3.69. The molecule has 1 aromatic carbocycles. The van der Waals surface area contributed by atoms with Crippen molar-refractivity contribution in [2.75, 3.05) is 0 Å². The van der Waals surface area contributed by atoms with Crippen LogP contribution in [0.15, 0.2) is 18.2 Å². The summed E-state index contributed by atoms with van der Waals surface area (Å²) in [7, 11) is 0. The van der Waals surface area contributed by atoms with E-state index in [4.69, 9.17) is 5.84 Å². The van der Waals surface area contributed by atoms with Crippen LogP contribution >= 0.6 is 0 Å². The summed E-state index contributed by atoms with van der Waals surface area (Å²) < 4.78 is 26.4. The van der Waals surface area contributed by atoms with Crippen LogP contribution in [0.25, 0.3) is 0 Å². The van der Waals surface area contributed by atoms with E-state index < -0.39 is 11.6 Å². The van der Waals surface area contributed by atoms with Crippen molar-refractivity contribution < 1.29 is 8.78 Å². The van der Waals surface area contributed by atoms with Crippen LogP contribution < -0.4 is 11.3 Å². The highest BCUT2D eigenvalue weighted by molar-refractivity contribution is 5.19. The lowest BCUT2D eigenvalue weighted by atomic mass is 9.88. The molecule has 0 aromatic heterocycles. The van der Waals surface area contributed by atoms with E-state index in [-0.39, 0.29) is 6.04 Å². The van der Waals surface area contributed by atoms with Gasteiger partial charge in [0.25, 0.3) is 0 Å². The maximum atomic E-state index is 13.5. The molecule has 0 fully saturated rings. The third kappa shape index (κ3) is 6.12. The highest BCUT2D eigenvalue weighted by Crippen LogP contribution is 2.23. The first-order chi connectivity index (χ1) is 8.81. The molecular formula is C15H24F2N2. The number of benzene rings is 1. The SMILES string of the molecule is CC(C)(C)CCCC(Cc1ccc(F)cc1F)NN. The van der Waals surface area contributed by atoms with Crippen LogP contribution in [-0.2, 0) is 6.42 Å². The summed E-state index contributed by atoms with van der Waals surface area (Å²) in [4.78, 5) is 0. The molecule has 1 unspecified atom stereocenters. The van der Waals surface area contributed by atoms with Gasteiger partial charge in [-0.25, -0.2) is 8.78 Å². The summed E-state index contributed by atoms with van der Waals surface area (Å²) in [5, 5.41) is 0. The highest BCUT2D eigenvalue weighted by Gasteiger charge is 2.14. The quantitative estimate of drug-likeness (QED) is 0.613. The molecule has 3 N–H and O–H groups in total. The van der Waals surface area contributed by atoms with Crippen LogP contribution in [0.1, 0.15) is 45.6 Å². The Morgan fingerprint density at radius 2 is 1.95 bits per heavy atom. The molecule has 0 aliphatic heterocycles. The Hall–Kier alpha value is -1.00. The van der Waals surface area contributed by atoms with E-state index in [0.29, 0.717) is 17.4 Å². The lowest BCUT2D eigenvalue weighted by Gasteiger charge is -2.21. The molecule has 0 amide bonds. The van der Waals surface area contributed by atoms with Gasteiger partial charge in [0.2, 0.25) is 0 Å². The first kappa shape index (κ1) is 16.1. The monoisotopic (exact) mass is 270 g/mol. The molecule has 1 atom stereocenters. The lowest BCUT2D eigenvalue weighted by Crippen LogP contribution is -2.37. The number of nitrogens with two attached hydrogens (primary N) is 1. The van der Waals surface area contributed by atoms with E-state index in [1.54, 1.807) is 0 Å². The van der Waals surface area contributed by atoms with Crippen molar-refractivity contribution in [3.05, 3.63) is 35.4 Å². The van der Waals surface area contributed by atoms with E-state index in [2.05, 4.69) is 26.2 Å². The van der Waals surface area contributed by atoms with Gasteiger partial charge < -0.3 is 0 Å². The predicted molar refractivity (Wildman–Crippen MR) is 74.5 cm³/mol. The molecule has 1 rings (SSSR count). The van der Waals surface area contributed by atoms with E-state index in [9.17, 15) is 8.78 Å². The summed E-state index contributed by atoms with van der Waals surface area (Å²) >= 11 is 0. The third-order valence-corrected chi connectivity index (χ3v) is 3.20. The normalized spacial score (nSPS) is 13.6. The zero-order valence-electron chi connectivity index (χ0n) is 12.0. The zero-order chi connectivity index (χ0) is 14.5. The third-order valence-electron chi connectivity index (χ3n) is 3.20. The number of nitrogens with one attached hydrogen (secondary N) is 1. The molecule has 4 heteroatoms. The Balaban J connectivity index is 2.52. The van der Waals surface area contributed by atoms with Crippen molar-refractivity contribution in [3.63, 3.8) is 0 Å². The fraction of sp³-hybridized carbons (Fsp3) is 0.600. The number of rotatable bonds is 6. The average Bonchev–Trinajstić information content (AvgIpc) is 2.29. The van der Waals surface area contributed by atoms with Crippen LogP contribution in [0.5, 0.6) is 0 Å². The fourth-order valence-corrected chi connectivity index (χ4v) is 2.08. The lowest BCUT2D eigenvalue weighted by molar-refractivity contribution is 0.341. The fourth-order valence-electron chi connectivity index (χ4n) is 2.08. The number of hydrogen-bond donors (Lipinski definition) is 2. The summed E-state index contributed by atoms with van der Waals surface area (Å²) in [5.41, 5.74) is 3.51. The number of hydrazine groups is 1. The smallest absolute Gasteiger partial charge is 0.129 e. The van der Waals surface area contributed by atoms with Crippen molar-refractivity contribution >= 4 is 0 Å². The largest absolute Gasteiger partial charge is 0.271 e. The molecule has 0 spiro atoms.